The monoisotopic (exact) mass is 285 g/mol. The summed E-state index contributed by atoms with van der Waals surface area (Å²) in [7, 11) is 0. The highest BCUT2D eigenvalue weighted by Gasteiger charge is 2.67. The fourth-order valence-electron chi connectivity index (χ4n) is 4.13. The lowest BCUT2D eigenvalue weighted by atomic mass is 10.0. The summed E-state index contributed by atoms with van der Waals surface area (Å²) in [5.74, 6) is 3.96. The molecule has 16 heavy (non-hydrogen) atoms. The molecular weight excluding hydrogens is 266 g/mol. The van der Waals surface area contributed by atoms with Gasteiger partial charge in [-0.1, -0.05) is 15.9 Å². The molecule has 0 saturated heterocycles. The first-order valence-corrected chi connectivity index (χ1v) is 7.53. The molecule has 4 unspecified atom stereocenters. The van der Waals surface area contributed by atoms with E-state index in [4.69, 9.17) is 0 Å². The second-order valence-electron chi connectivity index (χ2n) is 6.52. The van der Waals surface area contributed by atoms with Crippen molar-refractivity contribution in [2.24, 2.45) is 29.6 Å². The van der Waals surface area contributed by atoms with E-state index in [2.05, 4.69) is 35.1 Å². The first-order chi connectivity index (χ1) is 7.53. The molecule has 3 heteroatoms. The van der Waals surface area contributed by atoms with Gasteiger partial charge in [0.1, 0.15) is 0 Å². The molecule has 3 aliphatic rings. The molecule has 2 bridgehead atoms. The Morgan fingerprint density at radius 3 is 2.38 bits per heavy atom. The zero-order chi connectivity index (χ0) is 11.5. The molecular formula is C13H20BrNO. The van der Waals surface area contributed by atoms with Gasteiger partial charge in [-0.25, -0.2) is 0 Å². The molecule has 0 aliphatic heterocycles. The molecule has 90 valence electrons. The largest absolute Gasteiger partial charge is 0.350 e. The van der Waals surface area contributed by atoms with Gasteiger partial charge < -0.3 is 5.32 Å². The van der Waals surface area contributed by atoms with Gasteiger partial charge in [-0.3, -0.25) is 4.79 Å². The van der Waals surface area contributed by atoms with Gasteiger partial charge in [0.25, 0.3) is 0 Å². The number of hydrogen-bond acceptors (Lipinski definition) is 1. The fourth-order valence-corrected chi connectivity index (χ4v) is 4.27. The van der Waals surface area contributed by atoms with Gasteiger partial charge in [-0.2, -0.15) is 0 Å². The van der Waals surface area contributed by atoms with Gasteiger partial charge in [0.05, 0.1) is 0 Å². The lowest BCUT2D eigenvalue weighted by Crippen LogP contribution is -2.46. The lowest BCUT2D eigenvalue weighted by Gasteiger charge is -2.24. The van der Waals surface area contributed by atoms with E-state index in [0.717, 1.165) is 29.0 Å². The first kappa shape index (κ1) is 11.1. The number of fused-ring (bicyclic) bond motifs is 5. The number of carbonyl (C=O) groups excluding carboxylic acids is 1. The summed E-state index contributed by atoms with van der Waals surface area (Å²) >= 11 is 3.45. The van der Waals surface area contributed by atoms with Crippen LogP contribution < -0.4 is 5.32 Å². The van der Waals surface area contributed by atoms with Gasteiger partial charge in [0.2, 0.25) is 5.91 Å². The molecule has 0 aromatic rings. The normalized spacial score (nSPS) is 44.3. The van der Waals surface area contributed by atoms with E-state index < -0.39 is 0 Å². The van der Waals surface area contributed by atoms with Crippen LogP contribution in [0.2, 0.25) is 0 Å². The number of nitrogens with one attached hydrogen (secondary N) is 1. The van der Waals surface area contributed by atoms with Crippen LogP contribution in [0.4, 0.5) is 0 Å². The maximum atomic E-state index is 12.2. The Morgan fingerprint density at radius 1 is 1.31 bits per heavy atom. The third kappa shape index (κ3) is 1.54. The lowest BCUT2D eigenvalue weighted by molar-refractivity contribution is -0.124. The minimum atomic E-state index is -0.104. The van der Waals surface area contributed by atoms with Crippen molar-refractivity contribution in [3.63, 3.8) is 0 Å². The summed E-state index contributed by atoms with van der Waals surface area (Å²) in [6, 6.07) is 0. The van der Waals surface area contributed by atoms with Crippen molar-refractivity contribution >= 4 is 21.8 Å². The summed E-state index contributed by atoms with van der Waals surface area (Å²) in [4.78, 5) is 12.2. The van der Waals surface area contributed by atoms with Gasteiger partial charge in [0.15, 0.2) is 0 Å². The zero-order valence-corrected chi connectivity index (χ0v) is 11.6. The smallest absolute Gasteiger partial charge is 0.224 e. The Kier molecular flexibility index (Phi) is 2.40. The van der Waals surface area contributed by atoms with Crippen LogP contribution in [0, 0.1) is 29.6 Å². The van der Waals surface area contributed by atoms with Crippen molar-refractivity contribution in [3.8, 4) is 0 Å². The molecule has 0 heterocycles. The van der Waals surface area contributed by atoms with Gasteiger partial charge in [-0.15, -0.1) is 0 Å². The minimum absolute atomic E-state index is 0.104. The second-order valence-corrected chi connectivity index (χ2v) is 7.08. The SMILES string of the molecule is CC(C)(CBr)NC(=O)C1C2C3CCC(C3)C12. The fraction of sp³-hybridized carbons (Fsp3) is 0.923. The molecule has 3 aliphatic carbocycles. The van der Waals surface area contributed by atoms with E-state index in [1.165, 1.54) is 19.3 Å². The maximum absolute atomic E-state index is 12.2. The van der Waals surface area contributed by atoms with Crippen LogP contribution in [-0.2, 0) is 4.79 Å². The van der Waals surface area contributed by atoms with Crippen LogP contribution in [-0.4, -0.2) is 16.8 Å². The van der Waals surface area contributed by atoms with Crippen molar-refractivity contribution in [1.82, 2.24) is 5.32 Å². The van der Waals surface area contributed by atoms with E-state index in [9.17, 15) is 4.79 Å². The zero-order valence-electron chi connectivity index (χ0n) is 10.0. The Bertz CT molecular complexity index is 312. The number of alkyl halides is 1. The Hall–Kier alpha value is -0.0500. The van der Waals surface area contributed by atoms with Crippen LogP contribution in [0.5, 0.6) is 0 Å². The number of rotatable bonds is 3. The Morgan fingerprint density at radius 2 is 1.88 bits per heavy atom. The van der Waals surface area contributed by atoms with Crippen LogP contribution in [0.3, 0.4) is 0 Å². The van der Waals surface area contributed by atoms with Crippen LogP contribution in [0.15, 0.2) is 0 Å². The van der Waals surface area contributed by atoms with E-state index >= 15 is 0 Å². The van der Waals surface area contributed by atoms with Crippen LogP contribution in [0.25, 0.3) is 0 Å². The quantitative estimate of drug-likeness (QED) is 0.794. The highest BCUT2D eigenvalue weighted by atomic mass is 79.9. The summed E-state index contributed by atoms with van der Waals surface area (Å²) in [5.41, 5.74) is -0.104. The second kappa shape index (κ2) is 3.47. The maximum Gasteiger partial charge on any atom is 0.224 e. The standard InChI is InChI=1S/C13H20BrNO/c1-13(2,6-14)15-12(16)11-9-7-3-4-8(5-7)10(9)11/h7-11H,3-6H2,1-2H3,(H,15,16). The summed E-state index contributed by atoms with van der Waals surface area (Å²) in [6.07, 6.45) is 4.19. The molecule has 0 radical (unpaired) electrons. The van der Waals surface area contributed by atoms with Gasteiger partial charge in [-0.05, 0) is 56.8 Å². The van der Waals surface area contributed by atoms with Crippen LogP contribution in [0.1, 0.15) is 33.1 Å². The van der Waals surface area contributed by atoms with E-state index in [1.54, 1.807) is 0 Å². The van der Waals surface area contributed by atoms with Crippen molar-refractivity contribution in [1.29, 1.82) is 0 Å². The van der Waals surface area contributed by atoms with E-state index in [0.29, 0.717) is 11.8 Å². The number of carbonyl (C=O) groups is 1. The van der Waals surface area contributed by atoms with E-state index in [1.807, 2.05) is 0 Å². The van der Waals surface area contributed by atoms with Crippen molar-refractivity contribution in [3.05, 3.63) is 0 Å². The first-order valence-electron chi connectivity index (χ1n) is 6.41. The molecule has 1 amide bonds. The molecule has 0 aromatic heterocycles. The average Bonchev–Trinajstić information content (AvgIpc) is 2.69. The Labute approximate surface area is 106 Å². The third-order valence-electron chi connectivity index (χ3n) is 4.83. The Balaban J connectivity index is 1.63. The molecule has 1 N–H and O–H groups in total. The van der Waals surface area contributed by atoms with Crippen LogP contribution >= 0.6 is 15.9 Å². The number of halogens is 1. The van der Waals surface area contributed by atoms with Gasteiger partial charge >= 0.3 is 0 Å². The molecule has 3 fully saturated rings. The average molecular weight is 286 g/mol. The molecule has 3 rings (SSSR count). The molecule has 0 spiro atoms. The molecule has 0 aromatic carbocycles. The van der Waals surface area contributed by atoms with Crippen molar-refractivity contribution in [2.45, 2.75) is 38.6 Å². The topological polar surface area (TPSA) is 29.1 Å². The highest BCUT2D eigenvalue weighted by molar-refractivity contribution is 9.09. The highest BCUT2D eigenvalue weighted by Crippen LogP contribution is 2.69. The summed E-state index contributed by atoms with van der Waals surface area (Å²) in [6.45, 7) is 4.15. The summed E-state index contributed by atoms with van der Waals surface area (Å²) < 4.78 is 0. The predicted molar refractivity (Wildman–Crippen MR) is 67.3 cm³/mol. The van der Waals surface area contributed by atoms with E-state index in [-0.39, 0.29) is 5.54 Å². The molecule has 4 atom stereocenters. The summed E-state index contributed by atoms with van der Waals surface area (Å²) in [5, 5.41) is 4.00. The predicted octanol–water partition coefficient (Wildman–Crippen LogP) is 2.57. The molecule has 3 saturated carbocycles. The minimum Gasteiger partial charge on any atom is -0.350 e. The van der Waals surface area contributed by atoms with Crippen molar-refractivity contribution in [2.75, 3.05) is 5.33 Å². The van der Waals surface area contributed by atoms with Gasteiger partial charge in [0, 0.05) is 16.8 Å². The molecule has 2 nitrogen and oxygen atoms in total. The number of amides is 1. The van der Waals surface area contributed by atoms with Crippen molar-refractivity contribution < 1.29 is 4.79 Å². The number of hydrogen-bond donors (Lipinski definition) is 1. The third-order valence-corrected chi connectivity index (χ3v) is 6.24.